The summed E-state index contributed by atoms with van der Waals surface area (Å²) in [7, 11) is 1.24. The quantitative estimate of drug-likeness (QED) is 0.626. The number of ketones is 1. The van der Waals surface area contributed by atoms with Crippen LogP contribution in [0, 0.1) is 13.8 Å². The first-order chi connectivity index (χ1) is 10.6. The lowest BCUT2D eigenvalue weighted by molar-refractivity contribution is -0.147. The topological polar surface area (TPSA) is 47.8 Å². The Morgan fingerprint density at radius 2 is 1.91 bits per heavy atom. The first kappa shape index (κ1) is 17.5. The van der Waals surface area contributed by atoms with Gasteiger partial charge in [-0.1, -0.05) is 29.5 Å². The minimum Gasteiger partial charge on any atom is -0.302 e. The summed E-state index contributed by atoms with van der Waals surface area (Å²) in [5, 5.41) is 6.19. The Kier molecular flexibility index (Phi) is 4.84. The third-order valence-electron chi connectivity index (χ3n) is 3.40. The number of halogens is 3. The van der Waals surface area contributed by atoms with Gasteiger partial charge in [-0.25, -0.2) is 0 Å². The standard InChI is InChI=1S/C15H16F3N3OS/c1-8-5-6-9(2)11(7-8)12(22)10(3)23-14-20-19-13(21(14)4)15(16,17)18/h5-7,10H,1-4H3/t10-/m0/s1. The molecule has 0 bridgehead atoms. The predicted octanol–water partition coefficient (Wildman–Crippen LogP) is 3.81. The lowest BCUT2D eigenvalue weighted by Gasteiger charge is -2.12. The first-order valence-electron chi connectivity index (χ1n) is 6.86. The molecule has 0 saturated heterocycles. The van der Waals surface area contributed by atoms with E-state index in [2.05, 4.69) is 10.2 Å². The van der Waals surface area contributed by atoms with Crippen molar-refractivity contribution >= 4 is 17.5 Å². The zero-order valence-corrected chi connectivity index (χ0v) is 13.9. The highest BCUT2D eigenvalue weighted by Crippen LogP contribution is 2.31. The van der Waals surface area contributed by atoms with Crippen LogP contribution in [0.2, 0.25) is 0 Å². The Labute approximate surface area is 136 Å². The van der Waals surface area contributed by atoms with Gasteiger partial charge < -0.3 is 4.57 Å². The van der Waals surface area contributed by atoms with Crippen LogP contribution < -0.4 is 0 Å². The van der Waals surface area contributed by atoms with Gasteiger partial charge in [0.2, 0.25) is 5.82 Å². The second-order valence-electron chi connectivity index (χ2n) is 5.31. The summed E-state index contributed by atoms with van der Waals surface area (Å²) in [5.74, 6) is -1.22. The molecule has 0 aliphatic rings. The second-order valence-corrected chi connectivity index (χ2v) is 6.61. The van der Waals surface area contributed by atoms with E-state index < -0.39 is 17.3 Å². The smallest absolute Gasteiger partial charge is 0.302 e. The fraction of sp³-hybridized carbons (Fsp3) is 0.400. The van der Waals surface area contributed by atoms with Crippen LogP contribution >= 0.6 is 11.8 Å². The van der Waals surface area contributed by atoms with Crippen molar-refractivity contribution in [1.29, 1.82) is 0 Å². The molecule has 2 aromatic rings. The number of aromatic nitrogens is 3. The van der Waals surface area contributed by atoms with Gasteiger partial charge in [-0.15, -0.1) is 10.2 Å². The van der Waals surface area contributed by atoms with E-state index in [1.165, 1.54) is 7.05 Å². The molecule has 0 N–H and O–H groups in total. The molecule has 8 heteroatoms. The van der Waals surface area contributed by atoms with Gasteiger partial charge in [-0.3, -0.25) is 4.79 Å². The second kappa shape index (κ2) is 6.35. The minimum atomic E-state index is -4.57. The van der Waals surface area contributed by atoms with Crippen molar-refractivity contribution in [3.05, 3.63) is 40.7 Å². The maximum absolute atomic E-state index is 12.7. The number of hydrogen-bond acceptors (Lipinski definition) is 4. The summed E-state index contributed by atoms with van der Waals surface area (Å²) in [6.07, 6.45) is -4.57. The van der Waals surface area contributed by atoms with Crippen LogP contribution in [0.15, 0.2) is 23.4 Å². The van der Waals surface area contributed by atoms with Crippen LogP contribution in [0.25, 0.3) is 0 Å². The monoisotopic (exact) mass is 343 g/mol. The van der Waals surface area contributed by atoms with Crippen LogP contribution in [0.3, 0.4) is 0 Å². The van der Waals surface area contributed by atoms with E-state index in [0.29, 0.717) is 5.56 Å². The normalized spacial score (nSPS) is 13.2. The molecule has 124 valence electrons. The fourth-order valence-corrected chi connectivity index (χ4v) is 2.98. The van der Waals surface area contributed by atoms with Crippen molar-refractivity contribution in [2.75, 3.05) is 0 Å². The maximum Gasteiger partial charge on any atom is 0.451 e. The van der Waals surface area contributed by atoms with Crippen molar-refractivity contribution < 1.29 is 18.0 Å². The number of hydrogen-bond donors (Lipinski definition) is 0. The van der Waals surface area contributed by atoms with Gasteiger partial charge in [0.15, 0.2) is 10.9 Å². The van der Waals surface area contributed by atoms with E-state index in [4.69, 9.17) is 0 Å². The molecule has 0 spiro atoms. The van der Waals surface area contributed by atoms with Gasteiger partial charge in [-0.05, 0) is 32.4 Å². The average molecular weight is 343 g/mol. The zero-order chi connectivity index (χ0) is 17.4. The lowest BCUT2D eigenvalue weighted by atomic mass is 10.0. The summed E-state index contributed by atoms with van der Waals surface area (Å²) in [6.45, 7) is 5.36. The molecule has 1 atom stereocenters. The van der Waals surface area contributed by atoms with Crippen LogP contribution in [0.5, 0.6) is 0 Å². The third kappa shape index (κ3) is 3.74. The van der Waals surface area contributed by atoms with Gasteiger partial charge >= 0.3 is 6.18 Å². The van der Waals surface area contributed by atoms with Crippen molar-refractivity contribution in [2.45, 2.75) is 37.4 Å². The van der Waals surface area contributed by atoms with Crippen LogP contribution in [-0.4, -0.2) is 25.8 Å². The predicted molar refractivity (Wildman–Crippen MR) is 81.6 cm³/mol. The average Bonchev–Trinajstić information content (AvgIpc) is 2.82. The minimum absolute atomic E-state index is 0.0588. The molecule has 0 radical (unpaired) electrons. The Morgan fingerprint density at radius 1 is 1.26 bits per heavy atom. The molecule has 2 rings (SSSR count). The summed E-state index contributed by atoms with van der Waals surface area (Å²) in [4.78, 5) is 12.5. The van der Waals surface area contributed by atoms with Gasteiger partial charge in [-0.2, -0.15) is 13.2 Å². The molecular weight excluding hydrogens is 327 g/mol. The molecule has 0 saturated carbocycles. The van der Waals surface area contributed by atoms with Crippen LogP contribution in [0.1, 0.15) is 34.2 Å². The van der Waals surface area contributed by atoms with Crippen LogP contribution in [-0.2, 0) is 13.2 Å². The molecule has 0 aliphatic carbocycles. The lowest BCUT2D eigenvalue weighted by Crippen LogP contribution is -2.17. The van der Waals surface area contributed by atoms with Gasteiger partial charge in [0.1, 0.15) is 0 Å². The van der Waals surface area contributed by atoms with Crippen molar-refractivity contribution in [2.24, 2.45) is 7.05 Å². The number of nitrogens with zero attached hydrogens (tertiary/aromatic N) is 3. The van der Waals surface area contributed by atoms with Crippen LogP contribution in [0.4, 0.5) is 13.2 Å². The van der Waals surface area contributed by atoms with Crippen molar-refractivity contribution in [3.8, 4) is 0 Å². The number of carbonyl (C=O) groups excluding carboxylic acids is 1. The molecule has 1 aromatic heterocycles. The largest absolute Gasteiger partial charge is 0.451 e. The maximum atomic E-state index is 12.7. The number of benzene rings is 1. The number of rotatable bonds is 4. The van der Waals surface area contributed by atoms with E-state index in [9.17, 15) is 18.0 Å². The van der Waals surface area contributed by atoms with Gasteiger partial charge in [0.25, 0.3) is 0 Å². The van der Waals surface area contributed by atoms with E-state index in [1.807, 2.05) is 26.0 Å². The Bertz CT molecular complexity index is 740. The van der Waals surface area contributed by atoms with E-state index in [-0.39, 0.29) is 10.9 Å². The number of Topliss-reactive ketones (excluding diaryl/α,β-unsaturated/α-hetero) is 1. The Balaban J connectivity index is 2.22. The molecule has 1 heterocycles. The molecule has 1 aromatic carbocycles. The molecular formula is C15H16F3N3OS. The highest BCUT2D eigenvalue weighted by atomic mass is 32.2. The van der Waals surface area contributed by atoms with E-state index in [0.717, 1.165) is 27.5 Å². The van der Waals surface area contributed by atoms with E-state index >= 15 is 0 Å². The van der Waals surface area contributed by atoms with E-state index in [1.54, 1.807) is 13.0 Å². The number of thioether (sulfide) groups is 1. The number of aryl methyl sites for hydroxylation is 2. The highest BCUT2D eigenvalue weighted by molar-refractivity contribution is 8.00. The first-order valence-corrected chi connectivity index (χ1v) is 7.74. The van der Waals surface area contributed by atoms with Crippen molar-refractivity contribution in [3.63, 3.8) is 0 Å². The molecule has 0 aliphatic heterocycles. The SMILES string of the molecule is Cc1ccc(C)c(C(=O)[C@H](C)Sc2nnc(C(F)(F)F)n2C)c1. The van der Waals surface area contributed by atoms with Gasteiger partial charge in [0, 0.05) is 12.6 Å². The van der Waals surface area contributed by atoms with Crippen molar-refractivity contribution in [1.82, 2.24) is 14.8 Å². The summed E-state index contributed by atoms with van der Waals surface area (Å²) in [5.41, 5.74) is 2.36. The Hall–Kier alpha value is -1.83. The third-order valence-corrected chi connectivity index (χ3v) is 4.53. The summed E-state index contributed by atoms with van der Waals surface area (Å²) < 4.78 is 39.0. The Morgan fingerprint density at radius 3 is 2.48 bits per heavy atom. The van der Waals surface area contributed by atoms with Gasteiger partial charge in [0.05, 0.1) is 5.25 Å². The summed E-state index contributed by atoms with van der Waals surface area (Å²) in [6, 6.07) is 5.54. The molecule has 23 heavy (non-hydrogen) atoms. The highest BCUT2D eigenvalue weighted by Gasteiger charge is 2.38. The molecule has 0 amide bonds. The molecule has 4 nitrogen and oxygen atoms in total. The number of carbonyl (C=O) groups is 1. The summed E-state index contributed by atoms with van der Waals surface area (Å²) >= 11 is 0.964. The fourth-order valence-electron chi connectivity index (χ4n) is 2.10. The molecule has 0 fully saturated rings. The molecule has 0 unspecified atom stereocenters. The zero-order valence-electron chi connectivity index (χ0n) is 13.1. The number of alkyl halides is 3.